The first kappa shape index (κ1) is 25.0. The summed E-state index contributed by atoms with van der Waals surface area (Å²) in [6.45, 7) is 6.75. The third-order valence-corrected chi connectivity index (χ3v) is 7.19. The van der Waals surface area contributed by atoms with Gasteiger partial charge in [0.25, 0.3) is 0 Å². The summed E-state index contributed by atoms with van der Waals surface area (Å²) in [6.07, 6.45) is 15.6. The van der Waals surface area contributed by atoms with Crippen molar-refractivity contribution in [1.82, 2.24) is 0 Å². The van der Waals surface area contributed by atoms with Gasteiger partial charge < -0.3 is 0 Å². The number of alkyl halides is 1. The molecule has 0 nitrogen and oxygen atoms in total. The second kappa shape index (κ2) is 13.2. The fraction of sp³-hybridized carbons (Fsp3) is 0.586. The molecular formula is C29H43Cl. The Labute approximate surface area is 191 Å². The van der Waals surface area contributed by atoms with Gasteiger partial charge in [-0.2, -0.15) is 0 Å². The zero-order valence-electron chi connectivity index (χ0n) is 19.6. The normalized spacial score (nSPS) is 12.3. The second-order valence-corrected chi connectivity index (χ2v) is 10.6. The van der Waals surface area contributed by atoms with E-state index in [4.69, 9.17) is 11.6 Å². The monoisotopic (exact) mass is 426 g/mol. The van der Waals surface area contributed by atoms with Crippen molar-refractivity contribution in [2.24, 2.45) is 5.41 Å². The van der Waals surface area contributed by atoms with Gasteiger partial charge in [0.15, 0.2) is 0 Å². The number of unbranched alkanes of at least 4 members (excludes halogenated alkanes) is 8. The molecule has 166 valence electrons. The van der Waals surface area contributed by atoms with Crippen LogP contribution in [0, 0.1) is 5.41 Å². The Morgan fingerprint density at radius 1 is 0.600 bits per heavy atom. The smallest absolute Gasteiger partial charge is 0.0453 e. The molecule has 0 heterocycles. The molecule has 0 aliphatic rings. The lowest BCUT2D eigenvalue weighted by atomic mass is 9.65. The van der Waals surface area contributed by atoms with Crippen LogP contribution in [0.25, 0.3) is 0 Å². The SMILES string of the molecule is CCCCCCCCCCCC(Cc1ccccc1)(Cc1ccccc1)C(C)(C)Cl. The molecule has 2 aromatic rings. The summed E-state index contributed by atoms with van der Waals surface area (Å²) in [5.41, 5.74) is 2.86. The van der Waals surface area contributed by atoms with E-state index in [2.05, 4.69) is 81.4 Å². The Kier molecular flexibility index (Phi) is 11.0. The van der Waals surface area contributed by atoms with Gasteiger partial charge in [-0.25, -0.2) is 0 Å². The number of rotatable bonds is 15. The molecule has 30 heavy (non-hydrogen) atoms. The molecule has 0 atom stereocenters. The van der Waals surface area contributed by atoms with E-state index in [0.29, 0.717) is 0 Å². The molecule has 0 saturated carbocycles. The third-order valence-electron chi connectivity index (χ3n) is 6.79. The van der Waals surface area contributed by atoms with Crippen molar-refractivity contribution in [3.8, 4) is 0 Å². The predicted octanol–water partition coefficient (Wildman–Crippen LogP) is 9.40. The maximum atomic E-state index is 7.17. The summed E-state index contributed by atoms with van der Waals surface area (Å²) in [5, 5.41) is 0. The zero-order valence-corrected chi connectivity index (χ0v) is 20.4. The van der Waals surface area contributed by atoms with E-state index in [1.54, 1.807) is 0 Å². The van der Waals surface area contributed by atoms with Gasteiger partial charge in [-0.3, -0.25) is 0 Å². The molecule has 2 aromatic carbocycles. The summed E-state index contributed by atoms with van der Waals surface area (Å²) >= 11 is 7.17. The molecule has 2 rings (SSSR count). The van der Waals surface area contributed by atoms with Crippen LogP contribution in [0.4, 0.5) is 0 Å². The van der Waals surface area contributed by atoms with Gasteiger partial charge in [0.2, 0.25) is 0 Å². The molecular weight excluding hydrogens is 384 g/mol. The van der Waals surface area contributed by atoms with Crippen LogP contribution in [0.15, 0.2) is 60.7 Å². The summed E-state index contributed by atoms with van der Waals surface area (Å²) < 4.78 is 0. The highest BCUT2D eigenvalue weighted by Crippen LogP contribution is 2.46. The van der Waals surface area contributed by atoms with E-state index < -0.39 is 0 Å². The highest BCUT2D eigenvalue weighted by Gasteiger charge is 2.43. The lowest BCUT2D eigenvalue weighted by Crippen LogP contribution is -2.43. The van der Waals surface area contributed by atoms with E-state index in [0.717, 1.165) is 12.8 Å². The first-order valence-corrected chi connectivity index (χ1v) is 12.6. The van der Waals surface area contributed by atoms with Gasteiger partial charge in [-0.1, -0.05) is 125 Å². The average Bonchev–Trinajstić information content (AvgIpc) is 2.73. The van der Waals surface area contributed by atoms with Gasteiger partial charge in [-0.15, -0.1) is 11.6 Å². The molecule has 0 radical (unpaired) electrons. The highest BCUT2D eigenvalue weighted by atomic mass is 35.5. The van der Waals surface area contributed by atoms with Crippen LogP contribution in [-0.4, -0.2) is 4.87 Å². The minimum Gasteiger partial charge on any atom is -0.119 e. The standard InChI is InChI=1S/C29H43Cl/c1-4-5-6-7-8-9-10-11-18-23-29(28(2,3)30,24-26-19-14-12-15-20-26)25-27-21-16-13-17-22-27/h12-17,19-22H,4-11,18,23-25H2,1-3H3. The third kappa shape index (κ3) is 8.46. The molecule has 0 aliphatic heterocycles. The van der Waals surface area contributed by atoms with Crippen molar-refractivity contribution in [2.45, 2.75) is 103 Å². The first-order chi connectivity index (χ1) is 14.5. The number of benzene rings is 2. The molecule has 0 N–H and O–H groups in total. The maximum Gasteiger partial charge on any atom is 0.0453 e. The Morgan fingerprint density at radius 2 is 1.00 bits per heavy atom. The van der Waals surface area contributed by atoms with E-state index in [1.807, 2.05) is 0 Å². The number of halogens is 1. The van der Waals surface area contributed by atoms with Crippen molar-refractivity contribution in [1.29, 1.82) is 0 Å². The quantitative estimate of drug-likeness (QED) is 0.196. The summed E-state index contributed by atoms with van der Waals surface area (Å²) in [6, 6.07) is 21.9. The molecule has 0 aromatic heterocycles. The Balaban J connectivity index is 2.02. The van der Waals surface area contributed by atoms with Crippen molar-refractivity contribution < 1.29 is 0 Å². The topological polar surface area (TPSA) is 0 Å². The van der Waals surface area contributed by atoms with Gasteiger partial charge in [0, 0.05) is 4.87 Å². The van der Waals surface area contributed by atoms with Crippen LogP contribution in [0.2, 0.25) is 0 Å². The fourth-order valence-electron chi connectivity index (χ4n) is 4.70. The molecule has 0 bridgehead atoms. The van der Waals surface area contributed by atoms with Crippen LogP contribution in [0.3, 0.4) is 0 Å². The summed E-state index contributed by atoms with van der Waals surface area (Å²) in [7, 11) is 0. The molecule has 0 aliphatic carbocycles. The van der Waals surface area contributed by atoms with Gasteiger partial charge in [0.1, 0.15) is 0 Å². The zero-order chi connectivity index (χ0) is 21.7. The van der Waals surface area contributed by atoms with Gasteiger partial charge >= 0.3 is 0 Å². The van der Waals surface area contributed by atoms with E-state index >= 15 is 0 Å². The maximum absolute atomic E-state index is 7.17. The lowest BCUT2D eigenvalue weighted by Gasteiger charge is -2.44. The van der Waals surface area contributed by atoms with E-state index in [9.17, 15) is 0 Å². The summed E-state index contributed by atoms with van der Waals surface area (Å²) in [5.74, 6) is 0. The van der Waals surface area contributed by atoms with Crippen LogP contribution in [0.5, 0.6) is 0 Å². The molecule has 0 saturated heterocycles. The second-order valence-electron chi connectivity index (χ2n) is 9.66. The Bertz CT molecular complexity index is 627. The fourth-order valence-corrected chi connectivity index (χ4v) is 4.93. The van der Waals surface area contributed by atoms with Crippen LogP contribution in [0.1, 0.15) is 96.1 Å². The molecule has 0 amide bonds. The molecule has 0 spiro atoms. The minimum absolute atomic E-state index is 0.0540. The van der Waals surface area contributed by atoms with Crippen molar-refractivity contribution >= 4 is 11.6 Å². The molecule has 0 fully saturated rings. The van der Waals surface area contributed by atoms with Crippen molar-refractivity contribution in [3.63, 3.8) is 0 Å². The first-order valence-electron chi connectivity index (χ1n) is 12.2. The van der Waals surface area contributed by atoms with Crippen LogP contribution >= 0.6 is 11.6 Å². The van der Waals surface area contributed by atoms with Crippen LogP contribution < -0.4 is 0 Å². The number of hydrogen-bond acceptors (Lipinski definition) is 0. The van der Waals surface area contributed by atoms with E-state index in [1.165, 1.54) is 75.3 Å². The Morgan fingerprint density at radius 3 is 1.40 bits per heavy atom. The van der Waals surface area contributed by atoms with Crippen molar-refractivity contribution in [2.75, 3.05) is 0 Å². The summed E-state index contributed by atoms with van der Waals surface area (Å²) in [4.78, 5) is -0.265. The number of hydrogen-bond donors (Lipinski definition) is 0. The van der Waals surface area contributed by atoms with Gasteiger partial charge in [-0.05, 0) is 49.7 Å². The average molecular weight is 427 g/mol. The lowest BCUT2D eigenvalue weighted by molar-refractivity contribution is 0.182. The Hall–Kier alpha value is -1.27. The molecule has 0 unspecified atom stereocenters. The van der Waals surface area contributed by atoms with Crippen molar-refractivity contribution in [3.05, 3.63) is 71.8 Å². The predicted molar refractivity (Wildman–Crippen MR) is 135 cm³/mol. The largest absolute Gasteiger partial charge is 0.119 e. The molecule has 1 heteroatoms. The van der Waals surface area contributed by atoms with E-state index in [-0.39, 0.29) is 10.3 Å². The highest BCUT2D eigenvalue weighted by molar-refractivity contribution is 6.24. The minimum atomic E-state index is -0.265. The van der Waals surface area contributed by atoms with Gasteiger partial charge in [0.05, 0.1) is 0 Å². The van der Waals surface area contributed by atoms with Crippen LogP contribution in [-0.2, 0) is 12.8 Å².